The number of hydrogen-bond acceptors (Lipinski definition) is 4. The van der Waals surface area contributed by atoms with E-state index in [1.54, 1.807) is 24.3 Å². The van der Waals surface area contributed by atoms with Crippen LogP contribution in [0.1, 0.15) is 15.9 Å². The second kappa shape index (κ2) is 9.30. The van der Waals surface area contributed by atoms with E-state index in [0.29, 0.717) is 10.6 Å². The summed E-state index contributed by atoms with van der Waals surface area (Å²) in [6.45, 7) is 3.75. The summed E-state index contributed by atoms with van der Waals surface area (Å²) >= 11 is 5.85. The van der Waals surface area contributed by atoms with Gasteiger partial charge in [-0.3, -0.25) is 19.7 Å². The Balaban J connectivity index is 2.25. The van der Waals surface area contributed by atoms with Crippen molar-refractivity contribution in [1.29, 1.82) is 0 Å². The quantitative estimate of drug-likeness (QED) is 0.330. The Kier molecular flexibility index (Phi) is 6.85. The molecule has 8 heteroatoms. The first kappa shape index (κ1) is 19.9. The van der Waals surface area contributed by atoms with Crippen molar-refractivity contribution in [3.05, 3.63) is 93.1 Å². The molecule has 0 heterocycles. The molecule has 0 radical (unpaired) electrons. The van der Waals surface area contributed by atoms with Crippen molar-refractivity contribution in [1.82, 2.24) is 10.6 Å². The van der Waals surface area contributed by atoms with E-state index >= 15 is 0 Å². The second-order valence-electron chi connectivity index (χ2n) is 5.37. The Bertz CT molecular complexity index is 890. The molecular formula is C19H16ClN3O4. The van der Waals surface area contributed by atoms with Crippen molar-refractivity contribution in [3.63, 3.8) is 0 Å². The lowest BCUT2D eigenvalue weighted by atomic mass is 10.1. The standard InChI is InChI=1S/C19H16ClN3O4/c1-2-11-21-19(25)17(12-13-3-7-15(20)8-4-13)22-18(24)14-5-9-16(10-6-14)23(26)27/h2-10,12H,1,11H2,(H,21,25)(H,22,24). The lowest BCUT2D eigenvalue weighted by Crippen LogP contribution is -2.34. The van der Waals surface area contributed by atoms with E-state index in [2.05, 4.69) is 17.2 Å². The molecule has 0 saturated heterocycles. The number of halogens is 1. The van der Waals surface area contributed by atoms with E-state index in [9.17, 15) is 19.7 Å². The predicted molar refractivity (Wildman–Crippen MR) is 103 cm³/mol. The van der Waals surface area contributed by atoms with E-state index in [1.165, 1.54) is 36.4 Å². The molecule has 0 aliphatic rings. The molecular weight excluding hydrogens is 370 g/mol. The molecule has 2 aromatic rings. The molecule has 2 amide bonds. The minimum absolute atomic E-state index is 0.0162. The number of non-ortho nitro benzene ring substituents is 1. The van der Waals surface area contributed by atoms with Gasteiger partial charge in [-0.25, -0.2) is 0 Å². The number of carbonyl (C=O) groups excluding carboxylic acids is 2. The summed E-state index contributed by atoms with van der Waals surface area (Å²) in [5.41, 5.74) is 0.723. The number of amides is 2. The Hall–Kier alpha value is -3.45. The number of nitro groups is 1. The number of nitrogens with zero attached hydrogens (tertiary/aromatic N) is 1. The van der Waals surface area contributed by atoms with E-state index in [0.717, 1.165) is 0 Å². The van der Waals surface area contributed by atoms with Gasteiger partial charge in [0.05, 0.1) is 4.92 Å². The van der Waals surface area contributed by atoms with Crippen molar-refractivity contribution >= 4 is 35.2 Å². The molecule has 0 atom stereocenters. The fourth-order valence-electron chi connectivity index (χ4n) is 2.07. The maximum absolute atomic E-state index is 12.4. The van der Waals surface area contributed by atoms with Gasteiger partial charge in [-0.15, -0.1) is 6.58 Å². The zero-order valence-electron chi connectivity index (χ0n) is 14.1. The van der Waals surface area contributed by atoms with Crippen LogP contribution in [0.4, 0.5) is 5.69 Å². The van der Waals surface area contributed by atoms with Crippen LogP contribution in [-0.2, 0) is 4.79 Å². The van der Waals surface area contributed by atoms with E-state index in [4.69, 9.17) is 11.6 Å². The number of carbonyl (C=O) groups is 2. The van der Waals surface area contributed by atoms with Crippen molar-refractivity contribution in [2.45, 2.75) is 0 Å². The molecule has 0 bridgehead atoms. The molecule has 2 aromatic carbocycles. The average molecular weight is 386 g/mol. The van der Waals surface area contributed by atoms with Crippen LogP contribution in [-0.4, -0.2) is 23.3 Å². The zero-order chi connectivity index (χ0) is 19.8. The van der Waals surface area contributed by atoms with E-state index in [-0.39, 0.29) is 23.5 Å². The first-order chi connectivity index (χ1) is 12.9. The molecule has 0 fully saturated rings. The summed E-state index contributed by atoms with van der Waals surface area (Å²) in [6, 6.07) is 11.8. The highest BCUT2D eigenvalue weighted by atomic mass is 35.5. The first-order valence-corrected chi connectivity index (χ1v) is 8.20. The van der Waals surface area contributed by atoms with Crippen LogP contribution in [0.5, 0.6) is 0 Å². The van der Waals surface area contributed by atoms with Crippen molar-refractivity contribution < 1.29 is 14.5 Å². The minimum Gasteiger partial charge on any atom is -0.347 e. The van der Waals surface area contributed by atoms with Gasteiger partial charge in [0, 0.05) is 29.3 Å². The first-order valence-electron chi connectivity index (χ1n) is 7.83. The van der Waals surface area contributed by atoms with E-state index in [1.807, 2.05) is 0 Å². The van der Waals surface area contributed by atoms with Gasteiger partial charge in [0.2, 0.25) is 0 Å². The highest BCUT2D eigenvalue weighted by molar-refractivity contribution is 6.30. The lowest BCUT2D eigenvalue weighted by molar-refractivity contribution is -0.384. The number of rotatable bonds is 7. The van der Waals surface area contributed by atoms with Crippen molar-refractivity contribution in [2.24, 2.45) is 0 Å². The highest BCUT2D eigenvalue weighted by Gasteiger charge is 2.15. The molecule has 2 N–H and O–H groups in total. The summed E-state index contributed by atoms with van der Waals surface area (Å²) in [5, 5.41) is 16.4. The molecule has 0 unspecified atom stereocenters. The fraction of sp³-hybridized carbons (Fsp3) is 0.0526. The van der Waals surface area contributed by atoms with Crippen LogP contribution in [0, 0.1) is 10.1 Å². The van der Waals surface area contributed by atoms with Crippen LogP contribution in [0.15, 0.2) is 66.9 Å². The Morgan fingerprint density at radius 1 is 1.11 bits per heavy atom. The van der Waals surface area contributed by atoms with Crippen LogP contribution in [0.3, 0.4) is 0 Å². The van der Waals surface area contributed by atoms with Crippen LogP contribution < -0.4 is 10.6 Å². The van der Waals surface area contributed by atoms with Gasteiger partial charge >= 0.3 is 0 Å². The molecule has 0 aliphatic heterocycles. The number of nitrogens with one attached hydrogen (secondary N) is 2. The SMILES string of the molecule is C=CCNC(=O)C(=Cc1ccc(Cl)cc1)NC(=O)c1ccc([N+](=O)[O-])cc1. The van der Waals surface area contributed by atoms with Crippen molar-refractivity contribution in [3.8, 4) is 0 Å². The smallest absolute Gasteiger partial charge is 0.269 e. The molecule has 0 saturated carbocycles. The highest BCUT2D eigenvalue weighted by Crippen LogP contribution is 2.14. The average Bonchev–Trinajstić information content (AvgIpc) is 2.67. The second-order valence-corrected chi connectivity index (χ2v) is 5.80. The van der Waals surface area contributed by atoms with Crippen LogP contribution in [0.2, 0.25) is 5.02 Å². The van der Waals surface area contributed by atoms with Gasteiger partial charge in [-0.05, 0) is 35.9 Å². The summed E-state index contributed by atoms with van der Waals surface area (Å²) in [6.07, 6.45) is 3.01. The number of benzene rings is 2. The molecule has 2 rings (SSSR count). The fourth-order valence-corrected chi connectivity index (χ4v) is 2.20. The lowest BCUT2D eigenvalue weighted by Gasteiger charge is -2.10. The van der Waals surface area contributed by atoms with E-state index < -0.39 is 16.7 Å². The van der Waals surface area contributed by atoms with Gasteiger partial charge in [0.15, 0.2) is 0 Å². The molecule has 7 nitrogen and oxygen atoms in total. The molecule has 0 spiro atoms. The van der Waals surface area contributed by atoms with Crippen LogP contribution in [0.25, 0.3) is 6.08 Å². The third kappa shape index (κ3) is 5.79. The zero-order valence-corrected chi connectivity index (χ0v) is 14.9. The monoisotopic (exact) mass is 385 g/mol. The summed E-state index contributed by atoms with van der Waals surface area (Å²) in [7, 11) is 0. The molecule has 138 valence electrons. The van der Waals surface area contributed by atoms with Gasteiger partial charge in [0.25, 0.3) is 17.5 Å². The summed E-state index contributed by atoms with van der Waals surface area (Å²) in [4.78, 5) is 34.9. The Labute approximate surface area is 160 Å². The maximum atomic E-state index is 12.4. The topological polar surface area (TPSA) is 101 Å². The third-order valence-electron chi connectivity index (χ3n) is 3.42. The largest absolute Gasteiger partial charge is 0.347 e. The normalized spacial score (nSPS) is 10.8. The number of hydrogen-bond donors (Lipinski definition) is 2. The maximum Gasteiger partial charge on any atom is 0.269 e. The molecule has 0 aliphatic carbocycles. The number of nitro benzene ring substituents is 1. The molecule has 0 aromatic heterocycles. The van der Waals surface area contributed by atoms with Gasteiger partial charge in [0.1, 0.15) is 5.70 Å². The van der Waals surface area contributed by atoms with Crippen LogP contribution >= 0.6 is 11.6 Å². The van der Waals surface area contributed by atoms with Crippen molar-refractivity contribution in [2.75, 3.05) is 6.54 Å². The van der Waals surface area contributed by atoms with Gasteiger partial charge < -0.3 is 10.6 Å². The third-order valence-corrected chi connectivity index (χ3v) is 3.67. The minimum atomic E-state index is -0.570. The Morgan fingerprint density at radius 2 is 1.74 bits per heavy atom. The van der Waals surface area contributed by atoms with Gasteiger partial charge in [-0.2, -0.15) is 0 Å². The predicted octanol–water partition coefficient (Wildman–Crippen LogP) is 3.32. The Morgan fingerprint density at radius 3 is 2.30 bits per heavy atom. The molecule has 27 heavy (non-hydrogen) atoms. The van der Waals surface area contributed by atoms with Gasteiger partial charge in [-0.1, -0.05) is 29.8 Å². The summed E-state index contributed by atoms with van der Waals surface area (Å²) < 4.78 is 0. The summed E-state index contributed by atoms with van der Waals surface area (Å²) in [5.74, 6) is -1.07.